The minimum Gasteiger partial charge on any atom is -0.497 e. The molecular formula is C25H29N5O3. The van der Waals surface area contributed by atoms with Crippen LogP contribution in [-0.4, -0.2) is 46.5 Å². The molecule has 1 fully saturated rings. The highest BCUT2D eigenvalue weighted by molar-refractivity contribution is 6.10. The molecule has 1 saturated heterocycles. The molecular weight excluding hydrogens is 418 g/mol. The molecule has 3 aromatic rings. The largest absolute Gasteiger partial charge is 0.497 e. The molecule has 1 aliphatic rings. The highest BCUT2D eigenvalue weighted by Gasteiger charge is 2.26. The number of nitrogens with zero attached hydrogens (tertiary/aromatic N) is 3. The van der Waals surface area contributed by atoms with Gasteiger partial charge in [-0.25, -0.2) is 4.98 Å². The minimum atomic E-state index is -0.288. The van der Waals surface area contributed by atoms with Gasteiger partial charge in [-0.05, 0) is 50.2 Å². The van der Waals surface area contributed by atoms with Crippen LogP contribution in [-0.2, 0) is 18.4 Å². The van der Waals surface area contributed by atoms with Gasteiger partial charge in [0, 0.05) is 37.1 Å². The molecule has 0 saturated carbocycles. The minimum absolute atomic E-state index is 0.0479. The summed E-state index contributed by atoms with van der Waals surface area (Å²) >= 11 is 0. The maximum Gasteiger partial charge on any atom is 0.257 e. The lowest BCUT2D eigenvalue weighted by atomic mass is 9.95. The number of imidazole rings is 1. The van der Waals surface area contributed by atoms with E-state index in [1.165, 1.54) is 0 Å². The number of carbonyl (C=O) groups is 2. The molecule has 0 spiro atoms. The van der Waals surface area contributed by atoms with Crippen molar-refractivity contribution in [2.24, 2.45) is 13.0 Å². The first-order valence-electron chi connectivity index (χ1n) is 11.1. The second kappa shape index (κ2) is 10.3. The van der Waals surface area contributed by atoms with E-state index in [0.29, 0.717) is 22.7 Å². The molecule has 0 radical (unpaired) electrons. The molecule has 1 aliphatic heterocycles. The van der Waals surface area contributed by atoms with Crippen molar-refractivity contribution in [1.82, 2.24) is 14.5 Å². The molecule has 0 unspecified atom stereocenters. The second-order valence-electron chi connectivity index (χ2n) is 8.23. The number of amides is 2. The van der Waals surface area contributed by atoms with Gasteiger partial charge in [-0.15, -0.1) is 0 Å². The molecule has 1 aromatic heterocycles. The average Bonchev–Trinajstić information content (AvgIpc) is 3.24. The first kappa shape index (κ1) is 22.5. The van der Waals surface area contributed by atoms with Crippen LogP contribution in [0.15, 0.2) is 60.9 Å². The molecule has 2 aromatic carbocycles. The number of likely N-dealkylation sites (tertiary alicyclic amines) is 1. The molecule has 0 bridgehead atoms. The number of ether oxygens (including phenoxy) is 1. The topological polar surface area (TPSA) is 88.5 Å². The van der Waals surface area contributed by atoms with Gasteiger partial charge < -0.3 is 19.9 Å². The summed E-state index contributed by atoms with van der Waals surface area (Å²) < 4.78 is 7.23. The van der Waals surface area contributed by atoms with Gasteiger partial charge in [-0.2, -0.15) is 0 Å². The van der Waals surface area contributed by atoms with Crippen molar-refractivity contribution in [3.05, 3.63) is 72.3 Å². The van der Waals surface area contributed by atoms with E-state index in [-0.39, 0.29) is 17.7 Å². The summed E-state index contributed by atoms with van der Waals surface area (Å²) in [6.45, 7) is 2.46. The Morgan fingerprint density at radius 1 is 1.09 bits per heavy atom. The van der Waals surface area contributed by atoms with E-state index in [2.05, 4.69) is 20.5 Å². The number of aryl methyl sites for hydroxylation is 1. The van der Waals surface area contributed by atoms with Crippen molar-refractivity contribution in [1.29, 1.82) is 0 Å². The fraction of sp³-hybridized carbons (Fsp3) is 0.320. The number of aromatic nitrogens is 2. The summed E-state index contributed by atoms with van der Waals surface area (Å²) in [4.78, 5) is 32.6. The normalized spacial score (nSPS) is 14.6. The van der Waals surface area contributed by atoms with Crippen LogP contribution >= 0.6 is 0 Å². The van der Waals surface area contributed by atoms with E-state index in [1.807, 2.05) is 36.0 Å². The van der Waals surface area contributed by atoms with Crippen LogP contribution in [0.1, 0.15) is 29.0 Å². The quantitative estimate of drug-likeness (QED) is 0.579. The second-order valence-corrected chi connectivity index (χ2v) is 8.23. The van der Waals surface area contributed by atoms with Crippen molar-refractivity contribution in [3.63, 3.8) is 0 Å². The summed E-state index contributed by atoms with van der Waals surface area (Å²) in [5.41, 5.74) is 1.56. The van der Waals surface area contributed by atoms with Crippen molar-refractivity contribution in [2.45, 2.75) is 19.4 Å². The number of rotatable bonds is 7. The Hall–Kier alpha value is -3.65. The molecule has 2 heterocycles. The predicted octanol–water partition coefficient (Wildman–Crippen LogP) is 3.53. The molecule has 8 nitrogen and oxygen atoms in total. The summed E-state index contributed by atoms with van der Waals surface area (Å²) in [6, 6.07) is 14.2. The van der Waals surface area contributed by atoms with Gasteiger partial charge in [-0.1, -0.05) is 18.2 Å². The SMILES string of the molecule is COc1cccc(NC(=O)c2ccccc2NC(=O)C2CCN(Cc3nccn3C)CC2)c1. The van der Waals surface area contributed by atoms with Gasteiger partial charge in [0.15, 0.2) is 0 Å². The zero-order chi connectivity index (χ0) is 23.2. The Morgan fingerprint density at radius 2 is 1.88 bits per heavy atom. The van der Waals surface area contributed by atoms with Crippen molar-refractivity contribution in [3.8, 4) is 5.75 Å². The number of anilines is 2. The molecule has 0 aliphatic carbocycles. The van der Waals surface area contributed by atoms with Crippen LogP contribution in [0.3, 0.4) is 0 Å². The summed E-state index contributed by atoms with van der Waals surface area (Å²) in [5, 5.41) is 5.85. The van der Waals surface area contributed by atoms with Crippen LogP contribution in [0.4, 0.5) is 11.4 Å². The zero-order valence-electron chi connectivity index (χ0n) is 19.0. The molecule has 4 rings (SSSR count). The van der Waals surface area contributed by atoms with E-state index < -0.39 is 0 Å². The average molecular weight is 448 g/mol. The van der Waals surface area contributed by atoms with E-state index >= 15 is 0 Å². The number of nitrogens with one attached hydrogen (secondary N) is 2. The third-order valence-electron chi connectivity index (χ3n) is 6.00. The van der Waals surface area contributed by atoms with Crippen LogP contribution in [0, 0.1) is 5.92 Å². The third kappa shape index (κ3) is 5.59. The number of hydrogen-bond acceptors (Lipinski definition) is 5. The number of piperidine rings is 1. The number of benzene rings is 2. The lowest BCUT2D eigenvalue weighted by molar-refractivity contribution is -0.121. The van der Waals surface area contributed by atoms with E-state index in [1.54, 1.807) is 43.6 Å². The third-order valence-corrected chi connectivity index (χ3v) is 6.00. The van der Waals surface area contributed by atoms with Crippen LogP contribution in [0.2, 0.25) is 0 Å². The van der Waals surface area contributed by atoms with E-state index in [0.717, 1.165) is 38.3 Å². The predicted molar refractivity (Wildman–Crippen MR) is 127 cm³/mol. The fourth-order valence-corrected chi connectivity index (χ4v) is 4.03. The van der Waals surface area contributed by atoms with Gasteiger partial charge in [0.05, 0.1) is 24.9 Å². The van der Waals surface area contributed by atoms with Gasteiger partial charge in [0.2, 0.25) is 5.91 Å². The van der Waals surface area contributed by atoms with Crippen LogP contribution in [0.5, 0.6) is 5.75 Å². The Kier molecular flexibility index (Phi) is 7.04. The van der Waals surface area contributed by atoms with Crippen LogP contribution in [0.25, 0.3) is 0 Å². The highest BCUT2D eigenvalue weighted by atomic mass is 16.5. The monoisotopic (exact) mass is 447 g/mol. The Balaban J connectivity index is 1.36. The smallest absolute Gasteiger partial charge is 0.257 e. The lowest BCUT2D eigenvalue weighted by Gasteiger charge is -2.31. The highest BCUT2D eigenvalue weighted by Crippen LogP contribution is 2.24. The summed E-state index contributed by atoms with van der Waals surface area (Å²) in [7, 11) is 3.57. The molecule has 0 atom stereocenters. The van der Waals surface area contributed by atoms with Gasteiger partial charge >= 0.3 is 0 Å². The van der Waals surface area contributed by atoms with Crippen molar-refractivity contribution < 1.29 is 14.3 Å². The molecule has 2 amide bonds. The maximum absolute atomic E-state index is 13.0. The van der Waals surface area contributed by atoms with Crippen molar-refractivity contribution in [2.75, 3.05) is 30.8 Å². The zero-order valence-corrected chi connectivity index (χ0v) is 19.0. The lowest BCUT2D eigenvalue weighted by Crippen LogP contribution is -2.38. The number of para-hydroxylation sites is 1. The first-order valence-corrected chi connectivity index (χ1v) is 11.1. The number of hydrogen-bond donors (Lipinski definition) is 2. The van der Waals surface area contributed by atoms with Gasteiger partial charge in [0.25, 0.3) is 5.91 Å². The van der Waals surface area contributed by atoms with Gasteiger partial charge in [-0.3, -0.25) is 14.5 Å². The Labute approximate surface area is 193 Å². The standard InChI is InChI=1S/C25H29N5O3/c1-29-15-12-26-23(29)17-30-13-10-18(11-14-30)24(31)28-22-9-4-3-8-21(22)25(32)27-19-6-5-7-20(16-19)33-2/h3-9,12,15-16,18H,10-11,13-14,17H2,1-2H3,(H,27,32)(H,28,31). The maximum atomic E-state index is 13.0. The Bertz CT molecular complexity index is 1120. The van der Waals surface area contributed by atoms with E-state index in [9.17, 15) is 9.59 Å². The van der Waals surface area contributed by atoms with Crippen molar-refractivity contribution >= 4 is 23.2 Å². The summed E-state index contributed by atoms with van der Waals surface area (Å²) in [5.74, 6) is 1.26. The number of methoxy groups -OCH3 is 1. The Morgan fingerprint density at radius 3 is 2.61 bits per heavy atom. The molecule has 8 heteroatoms. The van der Waals surface area contributed by atoms with Gasteiger partial charge in [0.1, 0.15) is 11.6 Å². The summed E-state index contributed by atoms with van der Waals surface area (Å²) in [6.07, 6.45) is 5.29. The molecule has 172 valence electrons. The van der Waals surface area contributed by atoms with Crippen LogP contribution < -0.4 is 15.4 Å². The first-order chi connectivity index (χ1) is 16.0. The fourth-order valence-electron chi connectivity index (χ4n) is 4.03. The number of carbonyl (C=O) groups excluding carboxylic acids is 2. The molecule has 33 heavy (non-hydrogen) atoms. The molecule has 2 N–H and O–H groups in total. The van der Waals surface area contributed by atoms with E-state index in [4.69, 9.17) is 4.74 Å².